The molecule has 0 radical (unpaired) electrons. The van der Waals surface area contributed by atoms with Gasteiger partial charge >= 0.3 is 0 Å². The van der Waals surface area contributed by atoms with E-state index in [1.54, 1.807) is 0 Å². The minimum absolute atomic E-state index is 0.238. The predicted octanol–water partition coefficient (Wildman–Crippen LogP) is 1.63. The van der Waals surface area contributed by atoms with E-state index in [1.165, 1.54) is 11.8 Å². The lowest BCUT2D eigenvalue weighted by Gasteiger charge is -1.96. The van der Waals surface area contributed by atoms with Gasteiger partial charge in [-0.25, -0.2) is 0 Å². The number of nitrogens with zero attached hydrogens (tertiary/aromatic N) is 1. The van der Waals surface area contributed by atoms with E-state index >= 15 is 0 Å². The monoisotopic (exact) mass is 145 g/mol. The highest BCUT2D eigenvalue weighted by atomic mass is 32.2. The van der Waals surface area contributed by atoms with Crippen molar-refractivity contribution in [1.29, 1.82) is 0 Å². The molecule has 0 saturated heterocycles. The first kappa shape index (κ1) is 6.61. The Hall–Kier alpha value is -0.510. The molecule has 50 valence electrons. The van der Waals surface area contributed by atoms with Gasteiger partial charge in [0.25, 0.3) is 5.37 Å². The highest BCUT2D eigenvalue weighted by Gasteiger charge is 2.24. The van der Waals surface area contributed by atoms with Crippen LogP contribution in [-0.2, 0) is 0 Å². The van der Waals surface area contributed by atoms with Crippen molar-refractivity contribution >= 4 is 11.8 Å². The lowest BCUT2D eigenvalue weighted by molar-refractivity contribution is -0.493. The first-order chi connectivity index (χ1) is 4.20. The average molecular weight is 145 g/mol. The molecule has 1 rings (SSSR count). The summed E-state index contributed by atoms with van der Waals surface area (Å²) in [5.41, 5.74) is 1.11. The van der Waals surface area contributed by atoms with E-state index in [1.807, 2.05) is 12.3 Å². The highest BCUT2D eigenvalue weighted by Crippen LogP contribution is 2.29. The number of hydrogen-bond donors (Lipinski definition) is 0. The van der Waals surface area contributed by atoms with E-state index < -0.39 is 5.37 Å². The maximum atomic E-state index is 10.1. The van der Waals surface area contributed by atoms with E-state index in [-0.39, 0.29) is 4.92 Å². The smallest absolute Gasteiger partial charge is 0.263 e. The molecule has 3 nitrogen and oxygen atoms in total. The Morgan fingerprint density at radius 1 is 2.00 bits per heavy atom. The molecule has 0 saturated carbocycles. The maximum Gasteiger partial charge on any atom is 0.265 e. The zero-order chi connectivity index (χ0) is 6.85. The predicted molar refractivity (Wildman–Crippen MR) is 36.7 cm³/mol. The summed E-state index contributed by atoms with van der Waals surface area (Å²) in [6.45, 7) is 1.91. The second kappa shape index (κ2) is 2.39. The third-order valence-corrected chi connectivity index (χ3v) is 2.35. The summed E-state index contributed by atoms with van der Waals surface area (Å²) in [4.78, 5) is 9.86. The summed E-state index contributed by atoms with van der Waals surface area (Å²) in [7, 11) is 0. The molecular weight excluding hydrogens is 138 g/mol. The van der Waals surface area contributed by atoms with Gasteiger partial charge in [-0.1, -0.05) is 17.3 Å². The van der Waals surface area contributed by atoms with Crippen LogP contribution in [0.1, 0.15) is 13.3 Å². The van der Waals surface area contributed by atoms with Gasteiger partial charge in [0.1, 0.15) is 0 Å². The Kier molecular flexibility index (Phi) is 1.75. The molecule has 0 amide bonds. The fraction of sp³-hybridized carbons (Fsp3) is 0.600. The number of hydrogen-bond acceptors (Lipinski definition) is 3. The highest BCUT2D eigenvalue weighted by molar-refractivity contribution is 8.02. The molecule has 0 spiro atoms. The second-order valence-corrected chi connectivity index (χ2v) is 3.10. The zero-order valence-corrected chi connectivity index (χ0v) is 5.85. The fourth-order valence-electron chi connectivity index (χ4n) is 0.691. The van der Waals surface area contributed by atoms with E-state index in [2.05, 4.69) is 0 Å². The van der Waals surface area contributed by atoms with E-state index in [9.17, 15) is 10.1 Å². The third-order valence-electron chi connectivity index (χ3n) is 1.16. The lowest BCUT2D eigenvalue weighted by atomic mass is 10.2. The molecule has 1 aliphatic rings. The maximum absolute atomic E-state index is 10.1. The molecule has 1 heterocycles. The van der Waals surface area contributed by atoms with Crippen molar-refractivity contribution in [3.63, 3.8) is 0 Å². The molecule has 1 aliphatic heterocycles. The zero-order valence-electron chi connectivity index (χ0n) is 5.03. The quantitative estimate of drug-likeness (QED) is 0.416. The third kappa shape index (κ3) is 1.45. The van der Waals surface area contributed by atoms with E-state index in [4.69, 9.17) is 0 Å². The number of thioether (sulfide) groups is 1. The molecular formula is C5H7NO2S. The summed E-state index contributed by atoms with van der Waals surface area (Å²) in [5, 5.41) is 11.5. The van der Waals surface area contributed by atoms with E-state index in [0.29, 0.717) is 6.42 Å². The molecule has 0 aromatic rings. The Morgan fingerprint density at radius 2 is 2.67 bits per heavy atom. The lowest BCUT2D eigenvalue weighted by Crippen LogP contribution is -2.11. The Labute approximate surface area is 57.3 Å². The van der Waals surface area contributed by atoms with Gasteiger partial charge in [0, 0.05) is 11.3 Å². The van der Waals surface area contributed by atoms with Gasteiger partial charge in [-0.15, -0.1) is 0 Å². The van der Waals surface area contributed by atoms with Crippen LogP contribution in [-0.4, -0.2) is 10.3 Å². The summed E-state index contributed by atoms with van der Waals surface area (Å²) in [5.74, 6) is 0. The van der Waals surface area contributed by atoms with Crippen LogP contribution in [0.3, 0.4) is 0 Å². The first-order valence-corrected chi connectivity index (χ1v) is 3.59. The molecule has 0 aliphatic carbocycles. The van der Waals surface area contributed by atoms with Crippen molar-refractivity contribution in [3.8, 4) is 0 Å². The van der Waals surface area contributed by atoms with Crippen molar-refractivity contribution in [2.75, 3.05) is 0 Å². The summed E-state index contributed by atoms with van der Waals surface area (Å²) < 4.78 is 0. The summed E-state index contributed by atoms with van der Waals surface area (Å²) in [6.07, 6.45) is 0.609. The minimum atomic E-state index is -0.412. The first-order valence-electron chi connectivity index (χ1n) is 2.65. The van der Waals surface area contributed by atoms with Crippen molar-refractivity contribution in [2.24, 2.45) is 0 Å². The largest absolute Gasteiger partial charge is 0.265 e. The Balaban J connectivity index is 2.47. The topological polar surface area (TPSA) is 43.1 Å². The molecule has 0 bridgehead atoms. The number of nitro groups is 1. The van der Waals surface area contributed by atoms with Crippen LogP contribution in [0.15, 0.2) is 11.0 Å². The SMILES string of the molecule is CC1=CS[C@H]([N+](=O)[O-])C1. The molecule has 0 unspecified atom stereocenters. The van der Waals surface area contributed by atoms with Crippen LogP contribution >= 0.6 is 11.8 Å². The van der Waals surface area contributed by atoms with Crippen LogP contribution in [0.5, 0.6) is 0 Å². The molecule has 1 atom stereocenters. The number of rotatable bonds is 1. The van der Waals surface area contributed by atoms with Gasteiger partial charge in [-0.3, -0.25) is 10.1 Å². The van der Waals surface area contributed by atoms with Crippen LogP contribution in [0.4, 0.5) is 0 Å². The van der Waals surface area contributed by atoms with Crippen LogP contribution in [0.25, 0.3) is 0 Å². The van der Waals surface area contributed by atoms with Gasteiger partial charge in [0.2, 0.25) is 0 Å². The van der Waals surface area contributed by atoms with Gasteiger partial charge in [0.15, 0.2) is 0 Å². The van der Waals surface area contributed by atoms with Crippen molar-refractivity contribution in [3.05, 3.63) is 21.1 Å². The van der Waals surface area contributed by atoms with E-state index in [0.717, 1.165) is 5.57 Å². The molecule has 9 heavy (non-hydrogen) atoms. The Bertz CT molecular complexity index is 166. The normalized spacial score (nSPS) is 25.9. The Morgan fingerprint density at radius 3 is 2.89 bits per heavy atom. The molecule has 0 N–H and O–H groups in total. The van der Waals surface area contributed by atoms with Crippen LogP contribution in [0, 0.1) is 10.1 Å². The molecule has 0 fully saturated rings. The molecule has 0 aromatic carbocycles. The fourth-order valence-corrected chi connectivity index (χ4v) is 1.63. The average Bonchev–Trinajstić information content (AvgIpc) is 2.14. The van der Waals surface area contributed by atoms with Crippen molar-refractivity contribution in [2.45, 2.75) is 18.7 Å². The van der Waals surface area contributed by atoms with Gasteiger partial charge < -0.3 is 0 Å². The van der Waals surface area contributed by atoms with Gasteiger partial charge in [-0.05, 0) is 12.3 Å². The van der Waals surface area contributed by atoms with Gasteiger partial charge in [-0.2, -0.15) is 0 Å². The summed E-state index contributed by atoms with van der Waals surface area (Å²) >= 11 is 1.30. The molecule has 0 aromatic heterocycles. The van der Waals surface area contributed by atoms with Crippen LogP contribution in [0.2, 0.25) is 0 Å². The summed E-state index contributed by atoms with van der Waals surface area (Å²) in [6, 6.07) is 0. The van der Waals surface area contributed by atoms with Gasteiger partial charge in [0.05, 0.1) is 0 Å². The molecule has 4 heteroatoms. The van der Waals surface area contributed by atoms with Crippen LogP contribution < -0.4 is 0 Å². The standard InChI is InChI=1S/C5H7NO2S/c1-4-2-5(6(7)8)9-3-4/h3,5H,2H2,1H3/t5-/m0/s1. The second-order valence-electron chi connectivity index (χ2n) is 2.04. The minimum Gasteiger partial charge on any atom is -0.263 e. The van der Waals surface area contributed by atoms with Crippen molar-refractivity contribution < 1.29 is 4.92 Å². The van der Waals surface area contributed by atoms with Crippen molar-refractivity contribution in [1.82, 2.24) is 0 Å².